The first kappa shape index (κ1) is 14.9. The van der Waals surface area contributed by atoms with E-state index in [1.54, 1.807) is 11.8 Å². The van der Waals surface area contributed by atoms with Crippen molar-refractivity contribution >= 4 is 29.2 Å². The summed E-state index contributed by atoms with van der Waals surface area (Å²) < 4.78 is 0. The Labute approximate surface area is 146 Å². The van der Waals surface area contributed by atoms with E-state index in [2.05, 4.69) is 49.0 Å². The van der Waals surface area contributed by atoms with Crippen LogP contribution in [-0.4, -0.2) is 10.7 Å². The van der Waals surface area contributed by atoms with E-state index < -0.39 is 0 Å². The molecule has 0 bridgehead atoms. The first-order chi connectivity index (χ1) is 11.7. The van der Waals surface area contributed by atoms with Gasteiger partial charge in [0.2, 0.25) is 0 Å². The number of hydrogen-bond acceptors (Lipinski definition) is 3. The summed E-state index contributed by atoms with van der Waals surface area (Å²) in [5.74, 6) is 0. The highest BCUT2D eigenvalue weighted by molar-refractivity contribution is 7.99. The van der Waals surface area contributed by atoms with Crippen LogP contribution >= 0.6 is 11.8 Å². The van der Waals surface area contributed by atoms with Gasteiger partial charge in [0.05, 0.1) is 17.1 Å². The van der Waals surface area contributed by atoms with Crippen molar-refractivity contribution in [3.8, 4) is 0 Å². The second-order valence-corrected chi connectivity index (χ2v) is 6.74. The van der Waals surface area contributed by atoms with Crippen LogP contribution in [0.15, 0.2) is 82.0 Å². The average Bonchev–Trinajstić information content (AvgIpc) is 2.77. The Hall–Kier alpha value is -2.65. The number of rotatable bonds is 2. The predicted octanol–water partition coefficient (Wildman–Crippen LogP) is 5.67. The van der Waals surface area contributed by atoms with E-state index in [1.165, 1.54) is 4.90 Å². The quantitative estimate of drug-likeness (QED) is 0.474. The van der Waals surface area contributed by atoms with Crippen molar-refractivity contribution in [2.75, 3.05) is 0 Å². The van der Waals surface area contributed by atoms with Gasteiger partial charge in [-0.25, -0.2) is 4.99 Å². The zero-order valence-corrected chi connectivity index (χ0v) is 14.2. The van der Waals surface area contributed by atoms with Gasteiger partial charge in [0.1, 0.15) is 0 Å². The summed E-state index contributed by atoms with van der Waals surface area (Å²) in [6.45, 7) is 5.87. The fraction of sp³-hybridized carbons (Fsp3) is 0.0476. The number of pyridine rings is 1. The summed E-state index contributed by atoms with van der Waals surface area (Å²) in [6.07, 6.45) is 1.85. The summed E-state index contributed by atoms with van der Waals surface area (Å²) in [6, 6.07) is 20.7. The van der Waals surface area contributed by atoms with E-state index in [0.29, 0.717) is 0 Å². The Morgan fingerprint density at radius 1 is 0.958 bits per heavy atom. The van der Waals surface area contributed by atoms with E-state index in [9.17, 15) is 0 Å². The van der Waals surface area contributed by atoms with Gasteiger partial charge in [0, 0.05) is 21.0 Å². The molecule has 1 aliphatic rings. The van der Waals surface area contributed by atoms with Gasteiger partial charge in [-0.2, -0.15) is 0 Å². The molecule has 0 fully saturated rings. The number of aromatic nitrogens is 1. The second-order valence-electron chi connectivity index (χ2n) is 5.65. The molecule has 0 unspecified atom stereocenters. The maximum atomic E-state index is 4.99. The molecule has 1 aromatic heterocycles. The van der Waals surface area contributed by atoms with Crippen LogP contribution < -0.4 is 0 Å². The standard InChI is InChI=1S/C21H16N2S/c1-3-15-11-12-20-18(13-15)23-21(17-9-6-7-14(2)22-17)16-8-4-5-10-19(16)24-20/h3-13H,1H2,2H3. The number of fused-ring (bicyclic) bond motifs is 2. The SMILES string of the molecule is C=Cc1ccc2c(c1)N=C(c1cccc(C)n1)c1ccccc1S2. The molecule has 0 radical (unpaired) electrons. The van der Waals surface area contributed by atoms with Crippen molar-refractivity contribution in [1.82, 2.24) is 4.98 Å². The molecule has 0 spiro atoms. The van der Waals surface area contributed by atoms with Gasteiger partial charge in [0.25, 0.3) is 0 Å². The highest BCUT2D eigenvalue weighted by Crippen LogP contribution is 2.41. The fourth-order valence-corrected chi connectivity index (χ4v) is 3.76. The van der Waals surface area contributed by atoms with E-state index >= 15 is 0 Å². The maximum Gasteiger partial charge on any atom is 0.0977 e. The molecule has 1 aliphatic heterocycles. The summed E-state index contributed by atoms with van der Waals surface area (Å²) >= 11 is 1.75. The molecule has 2 aromatic carbocycles. The van der Waals surface area contributed by atoms with E-state index in [0.717, 1.165) is 38.8 Å². The molecule has 2 nitrogen and oxygen atoms in total. The van der Waals surface area contributed by atoms with Crippen molar-refractivity contribution in [2.45, 2.75) is 16.7 Å². The van der Waals surface area contributed by atoms with Gasteiger partial charge in [-0.15, -0.1) is 0 Å². The first-order valence-corrected chi connectivity index (χ1v) is 8.63. The Morgan fingerprint density at radius 2 is 1.83 bits per heavy atom. The predicted molar refractivity (Wildman–Crippen MR) is 101 cm³/mol. The van der Waals surface area contributed by atoms with Crippen LogP contribution in [0.5, 0.6) is 0 Å². The Bertz CT molecular complexity index is 973. The molecule has 3 aromatic rings. The van der Waals surface area contributed by atoms with Crippen LogP contribution in [0.25, 0.3) is 6.08 Å². The fourth-order valence-electron chi connectivity index (χ4n) is 2.76. The lowest BCUT2D eigenvalue weighted by molar-refractivity contribution is 1.17. The lowest BCUT2D eigenvalue weighted by Gasteiger charge is -2.08. The van der Waals surface area contributed by atoms with Gasteiger partial charge >= 0.3 is 0 Å². The summed E-state index contributed by atoms with van der Waals surface area (Å²) in [7, 11) is 0. The Balaban J connectivity index is 1.99. The van der Waals surface area contributed by atoms with Crippen LogP contribution in [0.4, 0.5) is 5.69 Å². The van der Waals surface area contributed by atoms with Crippen LogP contribution in [0.3, 0.4) is 0 Å². The molecule has 24 heavy (non-hydrogen) atoms. The topological polar surface area (TPSA) is 25.2 Å². The molecule has 3 heteroatoms. The smallest absolute Gasteiger partial charge is 0.0977 e. The molecule has 0 aliphatic carbocycles. The minimum Gasteiger partial charge on any atom is -0.251 e. The molecular weight excluding hydrogens is 312 g/mol. The van der Waals surface area contributed by atoms with Crippen LogP contribution in [0.1, 0.15) is 22.5 Å². The van der Waals surface area contributed by atoms with Crippen molar-refractivity contribution in [2.24, 2.45) is 4.99 Å². The van der Waals surface area contributed by atoms with Crippen molar-refractivity contribution in [3.05, 3.63) is 89.8 Å². The minimum absolute atomic E-state index is 0.903. The summed E-state index contributed by atoms with van der Waals surface area (Å²) in [4.78, 5) is 12.0. The van der Waals surface area contributed by atoms with Crippen LogP contribution in [0.2, 0.25) is 0 Å². The molecular formula is C21H16N2S. The molecule has 0 saturated heterocycles. The normalized spacial score (nSPS) is 12.6. The first-order valence-electron chi connectivity index (χ1n) is 7.81. The van der Waals surface area contributed by atoms with Gasteiger partial charge in [-0.3, -0.25) is 4.98 Å². The molecule has 0 saturated carbocycles. The van der Waals surface area contributed by atoms with E-state index in [-0.39, 0.29) is 0 Å². The molecule has 0 amide bonds. The average molecular weight is 328 g/mol. The zero-order valence-electron chi connectivity index (χ0n) is 13.4. The molecule has 0 atom stereocenters. The number of nitrogens with zero attached hydrogens (tertiary/aromatic N) is 2. The van der Waals surface area contributed by atoms with Gasteiger partial charge < -0.3 is 0 Å². The summed E-state index contributed by atoms with van der Waals surface area (Å²) in [5.41, 5.74) is 5.97. The van der Waals surface area contributed by atoms with Crippen molar-refractivity contribution in [1.29, 1.82) is 0 Å². The van der Waals surface area contributed by atoms with E-state index in [1.807, 2.05) is 31.2 Å². The second kappa shape index (κ2) is 6.10. The third-order valence-corrected chi connectivity index (χ3v) is 5.09. The van der Waals surface area contributed by atoms with Gasteiger partial charge in [0.15, 0.2) is 0 Å². The van der Waals surface area contributed by atoms with E-state index in [4.69, 9.17) is 9.98 Å². The van der Waals surface area contributed by atoms with Crippen LogP contribution in [-0.2, 0) is 0 Å². The third kappa shape index (κ3) is 2.68. The number of aryl methyl sites for hydroxylation is 1. The number of hydrogen-bond donors (Lipinski definition) is 0. The third-order valence-electron chi connectivity index (χ3n) is 3.94. The molecule has 0 N–H and O–H groups in total. The zero-order chi connectivity index (χ0) is 16.5. The van der Waals surface area contributed by atoms with Gasteiger partial charge in [-0.05, 0) is 42.8 Å². The molecule has 116 valence electrons. The molecule has 4 rings (SSSR count). The van der Waals surface area contributed by atoms with Gasteiger partial charge in [-0.1, -0.05) is 54.7 Å². The van der Waals surface area contributed by atoms with Crippen molar-refractivity contribution in [3.63, 3.8) is 0 Å². The lowest BCUT2D eigenvalue weighted by Crippen LogP contribution is -2.07. The summed E-state index contributed by atoms with van der Waals surface area (Å²) in [5, 5.41) is 0. The lowest BCUT2D eigenvalue weighted by atomic mass is 10.1. The monoisotopic (exact) mass is 328 g/mol. The maximum absolute atomic E-state index is 4.99. The Kier molecular flexibility index (Phi) is 3.79. The number of aliphatic imine (C=N–C) groups is 1. The highest BCUT2D eigenvalue weighted by atomic mass is 32.2. The minimum atomic E-state index is 0.903. The molecule has 2 heterocycles. The number of benzene rings is 2. The van der Waals surface area contributed by atoms with Crippen molar-refractivity contribution < 1.29 is 0 Å². The largest absolute Gasteiger partial charge is 0.251 e. The Morgan fingerprint density at radius 3 is 2.67 bits per heavy atom. The van der Waals surface area contributed by atoms with Crippen LogP contribution in [0, 0.1) is 6.92 Å². The highest BCUT2D eigenvalue weighted by Gasteiger charge is 2.19.